The highest BCUT2D eigenvalue weighted by molar-refractivity contribution is 7.89. The third kappa shape index (κ3) is 3.30. The van der Waals surface area contributed by atoms with E-state index in [1.54, 1.807) is 18.2 Å². The van der Waals surface area contributed by atoms with Gasteiger partial charge in [-0.25, -0.2) is 17.9 Å². The number of rotatable bonds is 6. The molecule has 0 unspecified atom stereocenters. The molecule has 0 saturated carbocycles. The summed E-state index contributed by atoms with van der Waals surface area (Å²) in [5.74, 6) is -0.395. The second-order valence-electron chi connectivity index (χ2n) is 8.02. The summed E-state index contributed by atoms with van der Waals surface area (Å²) in [4.78, 5) is 39.7. The van der Waals surface area contributed by atoms with Crippen LogP contribution in [-0.4, -0.2) is 51.9 Å². The third-order valence-electron chi connectivity index (χ3n) is 6.05. The summed E-state index contributed by atoms with van der Waals surface area (Å²) in [5, 5.41) is 5.23. The fraction of sp³-hybridized carbons (Fsp3) is 0.227. The van der Waals surface area contributed by atoms with Gasteiger partial charge in [-0.05, 0) is 49.0 Å². The van der Waals surface area contributed by atoms with Gasteiger partial charge in [-0.1, -0.05) is 6.07 Å². The summed E-state index contributed by atoms with van der Waals surface area (Å²) in [6.07, 6.45) is 0. The van der Waals surface area contributed by atoms with Gasteiger partial charge in [0.05, 0.1) is 18.6 Å². The predicted molar refractivity (Wildman–Crippen MR) is 119 cm³/mol. The van der Waals surface area contributed by atoms with Gasteiger partial charge in [0.25, 0.3) is 11.8 Å². The molecule has 34 heavy (non-hydrogen) atoms. The molecule has 1 saturated heterocycles. The van der Waals surface area contributed by atoms with Gasteiger partial charge in [0, 0.05) is 17.5 Å². The summed E-state index contributed by atoms with van der Waals surface area (Å²) in [6, 6.07) is 10.1. The van der Waals surface area contributed by atoms with E-state index in [1.165, 1.54) is 43.3 Å². The molecule has 0 bridgehead atoms. The van der Waals surface area contributed by atoms with Crippen molar-refractivity contribution in [2.75, 3.05) is 20.7 Å². The van der Waals surface area contributed by atoms with Gasteiger partial charge in [0.2, 0.25) is 10.0 Å². The number of hydrogen-bond donors (Lipinski definition) is 3. The number of hydrogen-bond acceptors (Lipinski definition) is 7. The molecule has 12 heteroatoms. The number of ether oxygens (including phenoxy) is 1. The number of sulfonamides is 1. The Kier molecular flexibility index (Phi) is 4.88. The first-order valence-electron chi connectivity index (χ1n) is 10.2. The standard InChI is InChI=1S/C22H20N4O7S/c1-23-34(30,31)15-5-6-17-13(7-15)8-18(33-17)22(20(28)24-21(29)25-22)11-26-10-12-3-4-14(32-2)9-16(12)19(26)27/h3-9,23H,10-11H2,1-2H3,(H2,24,25,28,29)/t22-/m0/s1. The highest BCUT2D eigenvalue weighted by Crippen LogP contribution is 2.35. The second kappa shape index (κ2) is 7.57. The van der Waals surface area contributed by atoms with Crippen LogP contribution in [0.15, 0.2) is 51.8 Å². The topological polar surface area (TPSA) is 147 Å². The summed E-state index contributed by atoms with van der Waals surface area (Å²) in [7, 11) is -0.899. The lowest BCUT2D eigenvalue weighted by Gasteiger charge is -2.29. The lowest BCUT2D eigenvalue weighted by molar-refractivity contribution is -0.125. The molecule has 3 N–H and O–H groups in total. The molecule has 2 aromatic carbocycles. The normalized spacial score (nSPS) is 19.9. The van der Waals surface area contributed by atoms with Gasteiger partial charge in [-0.2, -0.15) is 0 Å². The molecule has 3 aromatic rings. The minimum Gasteiger partial charge on any atom is -0.497 e. The van der Waals surface area contributed by atoms with Crippen molar-refractivity contribution in [1.29, 1.82) is 0 Å². The Hall–Kier alpha value is -3.90. The van der Waals surface area contributed by atoms with Crippen LogP contribution in [-0.2, 0) is 26.9 Å². The van der Waals surface area contributed by atoms with E-state index < -0.39 is 27.5 Å². The van der Waals surface area contributed by atoms with Crippen LogP contribution < -0.4 is 20.1 Å². The van der Waals surface area contributed by atoms with Crippen molar-refractivity contribution in [2.45, 2.75) is 17.0 Å². The highest BCUT2D eigenvalue weighted by atomic mass is 32.2. The maximum atomic E-state index is 13.1. The SMILES string of the molecule is CNS(=O)(=O)c1ccc2oc([C@]3(CN4Cc5ccc(OC)cc5C4=O)NC(=O)NC3=O)cc2c1. The maximum absolute atomic E-state index is 13.1. The van der Waals surface area contributed by atoms with Crippen LogP contribution in [0.25, 0.3) is 11.0 Å². The molecule has 0 aliphatic carbocycles. The number of benzene rings is 2. The van der Waals surface area contributed by atoms with Crippen molar-refractivity contribution in [3.05, 3.63) is 59.4 Å². The predicted octanol–water partition coefficient (Wildman–Crippen LogP) is 1.04. The van der Waals surface area contributed by atoms with E-state index in [0.717, 1.165) is 5.56 Å². The number of carbonyl (C=O) groups excluding carboxylic acids is 3. The van der Waals surface area contributed by atoms with E-state index >= 15 is 0 Å². The highest BCUT2D eigenvalue weighted by Gasteiger charge is 2.53. The molecule has 0 radical (unpaired) electrons. The zero-order valence-corrected chi connectivity index (χ0v) is 19.0. The smallest absolute Gasteiger partial charge is 0.322 e. The molecular formula is C22H20N4O7S. The lowest BCUT2D eigenvalue weighted by Crippen LogP contribution is -2.52. The Morgan fingerprint density at radius 1 is 1.15 bits per heavy atom. The molecule has 2 aliphatic rings. The van der Waals surface area contributed by atoms with Gasteiger partial charge in [-0.3, -0.25) is 14.9 Å². The number of amides is 4. The number of carbonyl (C=O) groups is 3. The minimum atomic E-state index is -3.70. The van der Waals surface area contributed by atoms with Gasteiger partial charge in [0.15, 0.2) is 5.54 Å². The monoisotopic (exact) mass is 484 g/mol. The largest absolute Gasteiger partial charge is 0.497 e. The Balaban J connectivity index is 1.55. The van der Waals surface area contributed by atoms with E-state index in [1.807, 2.05) is 0 Å². The number of urea groups is 1. The Bertz CT molecular complexity index is 1480. The first-order valence-corrected chi connectivity index (χ1v) is 11.7. The molecule has 5 rings (SSSR count). The lowest BCUT2D eigenvalue weighted by atomic mass is 9.95. The van der Waals surface area contributed by atoms with E-state index in [-0.39, 0.29) is 29.7 Å². The van der Waals surface area contributed by atoms with Crippen LogP contribution in [0.4, 0.5) is 4.79 Å². The molecular weight excluding hydrogens is 464 g/mol. The Labute approximate surface area is 194 Å². The summed E-state index contributed by atoms with van der Waals surface area (Å²) >= 11 is 0. The third-order valence-corrected chi connectivity index (χ3v) is 7.46. The molecule has 1 aromatic heterocycles. The Morgan fingerprint density at radius 3 is 2.62 bits per heavy atom. The molecule has 0 spiro atoms. The van der Waals surface area contributed by atoms with E-state index in [2.05, 4.69) is 15.4 Å². The number of fused-ring (bicyclic) bond motifs is 2. The van der Waals surface area contributed by atoms with Gasteiger partial charge in [-0.15, -0.1) is 0 Å². The summed E-state index contributed by atoms with van der Waals surface area (Å²) in [5.41, 5.74) is -0.165. The maximum Gasteiger partial charge on any atom is 0.322 e. The number of methoxy groups -OCH3 is 1. The van der Waals surface area contributed by atoms with Crippen LogP contribution >= 0.6 is 0 Å². The Morgan fingerprint density at radius 2 is 1.94 bits per heavy atom. The van der Waals surface area contributed by atoms with Crippen molar-refractivity contribution < 1.29 is 32.0 Å². The summed E-state index contributed by atoms with van der Waals surface area (Å²) < 4.78 is 37.7. The first kappa shape index (κ1) is 21.9. The van der Waals surface area contributed by atoms with Crippen LogP contribution in [0, 0.1) is 0 Å². The average Bonchev–Trinajstić information content (AvgIpc) is 3.47. The number of furan rings is 1. The fourth-order valence-corrected chi connectivity index (χ4v) is 5.02. The molecule has 1 atom stereocenters. The molecule has 2 aliphatic heterocycles. The molecule has 4 amide bonds. The van der Waals surface area contributed by atoms with Crippen LogP contribution in [0.5, 0.6) is 5.75 Å². The summed E-state index contributed by atoms with van der Waals surface area (Å²) in [6.45, 7) is 0.0374. The van der Waals surface area contributed by atoms with Crippen molar-refractivity contribution in [3.8, 4) is 5.75 Å². The van der Waals surface area contributed by atoms with Crippen LogP contribution in [0.2, 0.25) is 0 Å². The second-order valence-corrected chi connectivity index (χ2v) is 9.90. The number of imide groups is 1. The molecule has 3 heterocycles. The van der Waals surface area contributed by atoms with Crippen LogP contribution in [0.3, 0.4) is 0 Å². The zero-order chi connectivity index (χ0) is 24.3. The molecule has 1 fully saturated rings. The van der Waals surface area contributed by atoms with Crippen molar-refractivity contribution in [3.63, 3.8) is 0 Å². The van der Waals surface area contributed by atoms with E-state index in [4.69, 9.17) is 9.15 Å². The van der Waals surface area contributed by atoms with Crippen molar-refractivity contribution in [1.82, 2.24) is 20.3 Å². The van der Waals surface area contributed by atoms with Gasteiger partial charge >= 0.3 is 6.03 Å². The fourth-order valence-electron chi connectivity index (χ4n) is 4.25. The van der Waals surface area contributed by atoms with Gasteiger partial charge in [0.1, 0.15) is 17.1 Å². The first-order chi connectivity index (χ1) is 16.2. The van der Waals surface area contributed by atoms with Crippen molar-refractivity contribution >= 4 is 38.8 Å². The quantitative estimate of drug-likeness (QED) is 0.443. The number of nitrogens with one attached hydrogen (secondary N) is 3. The van der Waals surface area contributed by atoms with Gasteiger partial charge < -0.3 is 19.4 Å². The van der Waals surface area contributed by atoms with E-state index in [9.17, 15) is 22.8 Å². The minimum absolute atomic E-state index is 0.0166. The molecule has 176 valence electrons. The van der Waals surface area contributed by atoms with Crippen LogP contribution in [0.1, 0.15) is 21.7 Å². The number of nitrogens with zero attached hydrogens (tertiary/aromatic N) is 1. The van der Waals surface area contributed by atoms with E-state index in [0.29, 0.717) is 22.3 Å². The zero-order valence-electron chi connectivity index (χ0n) is 18.2. The average molecular weight is 484 g/mol. The molecule has 11 nitrogen and oxygen atoms in total. The van der Waals surface area contributed by atoms with Crippen molar-refractivity contribution in [2.24, 2.45) is 0 Å².